The van der Waals surface area contributed by atoms with Crippen molar-refractivity contribution in [3.63, 3.8) is 0 Å². The van der Waals surface area contributed by atoms with Crippen molar-refractivity contribution < 1.29 is 9.90 Å². The smallest absolute Gasteiger partial charge is 0.160 e. The molecule has 168 valence electrons. The Morgan fingerprint density at radius 1 is 1.22 bits per heavy atom. The molecule has 0 radical (unpaired) electrons. The number of Topliss-reactive ketones (excluding diaryl/α,β-unsaturated/α-hetero) is 1. The fourth-order valence-electron chi connectivity index (χ4n) is 3.87. The Balaban J connectivity index is 2.53. The van der Waals surface area contributed by atoms with Crippen LogP contribution in [0, 0.1) is 0 Å². The van der Waals surface area contributed by atoms with Crippen LogP contribution in [0.4, 0.5) is 0 Å². The van der Waals surface area contributed by atoms with Gasteiger partial charge in [-0.3, -0.25) is 4.79 Å². The van der Waals surface area contributed by atoms with Crippen LogP contribution in [0.3, 0.4) is 0 Å². The van der Waals surface area contributed by atoms with E-state index in [4.69, 9.17) is 10.1 Å². The van der Waals surface area contributed by atoms with Gasteiger partial charge >= 0.3 is 0 Å². The molecular formula is C28H34N2O2. The molecule has 0 amide bonds. The number of aliphatic hydroxyl groups excluding tert-OH is 1. The molecule has 4 nitrogen and oxygen atoms in total. The largest absolute Gasteiger partial charge is 0.395 e. The zero-order valence-corrected chi connectivity index (χ0v) is 19.7. The molecule has 2 rings (SSSR count). The number of nitrogens with one attached hydrogen (secondary N) is 1. The summed E-state index contributed by atoms with van der Waals surface area (Å²) in [4.78, 5) is 17.5. The lowest BCUT2D eigenvalue weighted by molar-refractivity contribution is 0.101. The van der Waals surface area contributed by atoms with Gasteiger partial charge in [0, 0.05) is 35.4 Å². The highest BCUT2D eigenvalue weighted by molar-refractivity contribution is 6.01. The second-order valence-corrected chi connectivity index (χ2v) is 7.55. The van der Waals surface area contributed by atoms with E-state index in [1.54, 1.807) is 13.0 Å². The number of hydrogen-bond acceptors (Lipinski definition) is 4. The molecule has 1 heterocycles. The van der Waals surface area contributed by atoms with Crippen LogP contribution in [0.2, 0.25) is 0 Å². The highest BCUT2D eigenvalue weighted by Gasteiger charge is 2.20. The van der Waals surface area contributed by atoms with Crippen molar-refractivity contribution in [1.29, 1.82) is 0 Å². The monoisotopic (exact) mass is 430 g/mol. The lowest BCUT2D eigenvalue weighted by Crippen LogP contribution is -2.17. The molecule has 2 N–H and O–H groups in total. The van der Waals surface area contributed by atoms with E-state index < -0.39 is 0 Å². The first kappa shape index (κ1) is 25.0. The Labute approximate surface area is 192 Å². The van der Waals surface area contributed by atoms with Gasteiger partial charge in [0.05, 0.1) is 18.0 Å². The first-order chi connectivity index (χ1) is 15.4. The number of ketones is 1. The van der Waals surface area contributed by atoms with Crippen LogP contribution < -0.4 is 5.32 Å². The molecule has 0 aliphatic carbocycles. The van der Waals surface area contributed by atoms with E-state index >= 15 is 0 Å². The van der Waals surface area contributed by atoms with Gasteiger partial charge in [0.15, 0.2) is 5.78 Å². The number of benzene rings is 1. The van der Waals surface area contributed by atoms with Crippen LogP contribution in [0.1, 0.15) is 66.9 Å². The van der Waals surface area contributed by atoms with E-state index in [-0.39, 0.29) is 12.4 Å². The SMILES string of the molecule is C=Cc1c(/C=C\C)nc(-c2ccc(/C(=C/C)CC(=C)NCCO)cc2)c(CC)c1C(C)=O. The van der Waals surface area contributed by atoms with E-state index in [1.807, 2.05) is 32.9 Å². The van der Waals surface area contributed by atoms with Crippen LogP contribution in [0.5, 0.6) is 0 Å². The summed E-state index contributed by atoms with van der Waals surface area (Å²) in [6, 6.07) is 8.27. The van der Waals surface area contributed by atoms with Crippen molar-refractivity contribution in [3.05, 3.63) is 83.2 Å². The summed E-state index contributed by atoms with van der Waals surface area (Å²) in [6.45, 7) is 16.1. The fourth-order valence-corrected chi connectivity index (χ4v) is 3.87. The van der Waals surface area contributed by atoms with E-state index in [1.165, 1.54) is 0 Å². The molecule has 0 fully saturated rings. The Bertz CT molecular complexity index is 1040. The number of hydrogen-bond donors (Lipinski definition) is 2. The van der Waals surface area contributed by atoms with E-state index in [0.717, 1.165) is 44.9 Å². The van der Waals surface area contributed by atoms with Crippen molar-refractivity contribution >= 4 is 23.5 Å². The van der Waals surface area contributed by atoms with Gasteiger partial charge in [-0.2, -0.15) is 0 Å². The summed E-state index contributed by atoms with van der Waals surface area (Å²) in [5.41, 5.74) is 8.11. The lowest BCUT2D eigenvalue weighted by Gasteiger charge is -2.17. The van der Waals surface area contributed by atoms with Crippen LogP contribution in [0.15, 0.2) is 55.3 Å². The number of aromatic nitrogens is 1. The van der Waals surface area contributed by atoms with Gasteiger partial charge < -0.3 is 10.4 Å². The third kappa shape index (κ3) is 5.71. The van der Waals surface area contributed by atoms with E-state index in [2.05, 4.69) is 48.8 Å². The first-order valence-corrected chi connectivity index (χ1v) is 11.0. The van der Waals surface area contributed by atoms with Crippen LogP contribution in [-0.2, 0) is 6.42 Å². The summed E-state index contributed by atoms with van der Waals surface area (Å²) in [5.74, 6) is 0.0212. The molecule has 0 saturated heterocycles. The number of pyridine rings is 1. The summed E-state index contributed by atoms with van der Waals surface area (Å²) in [7, 11) is 0. The van der Waals surface area contributed by atoms with Crippen molar-refractivity contribution in [3.8, 4) is 11.3 Å². The average Bonchev–Trinajstić information content (AvgIpc) is 2.80. The van der Waals surface area contributed by atoms with Crippen molar-refractivity contribution in [2.75, 3.05) is 13.2 Å². The van der Waals surface area contributed by atoms with Gasteiger partial charge in [0.2, 0.25) is 0 Å². The second-order valence-electron chi connectivity index (χ2n) is 7.55. The number of carbonyl (C=O) groups excluding carboxylic acids is 1. The van der Waals surface area contributed by atoms with Crippen molar-refractivity contribution in [2.45, 2.75) is 40.5 Å². The lowest BCUT2D eigenvalue weighted by atomic mass is 9.90. The molecule has 0 saturated carbocycles. The minimum atomic E-state index is 0.0212. The quantitative estimate of drug-likeness (QED) is 0.424. The molecule has 1 aromatic heterocycles. The molecule has 32 heavy (non-hydrogen) atoms. The Kier molecular flexibility index (Phi) is 9.36. The molecule has 0 atom stereocenters. The maximum atomic E-state index is 12.6. The Hall–Kier alpha value is -3.24. The molecule has 2 aromatic rings. The number of aliphatic hydroxyl groups is 1. The fraction of sp³-hybridized carbons (Fsp3) is 0.286. The van der Waals surface area contributed by atoms with Gasteiger partial charge in [-0.25, -0.2) is 4.98 Å². The maximum absolute atomic E-state index is 12.6. The first-order valence-electron chi connectivity index (χ1n) is 11.0. The predicted molar refractivity (Wildman–Crippen MR) is 136 cm³/mol. The van der Waals surface area contributed by atoms with Gasteiger partial charge in [0.25, 0.3) is 0 Å². The van der Waals surface area contributed by atoms with Gasteiger partial charge in [-0.15, -0.1) is 0 Å². The minimum absolute atomic E-state index is 0.0212. The second kappa shape index (κ2) is 12.0. The highest BCUT2D eigenvalue weighted by atomic mass is 16.3. The van der Waals surface area contributed by atoms with Gasteiger partial charge in [0.1, 0.15) is 0 Å². The maximum Gasteiger partial charge on any atom is 0.160 e. The normalized spacial score (nSPS) is 11.6. The molecule has 1 aromatic carbocycles. The minimum Gasteiger partial charge on any atom is -0.395 e. The van der Waals surface area contributed by atoms with Crippen molar-refractivity contribution in [2.24, 2.45) is 0 Å². The molecular weight excluding hydrogens is 396 g/mol. The van der Waals surface area contributed by atoms with E-state index in [0.29, 0.717) is 24.9 Å². The number of rotatable bonds is 11. The number of allylic oxidation sites excluding steroid dienone is 3. The third-order valence-electron chi connectivity index (χ3n) is 5.37. The summed E-state index contributed by atoms with van der Waals surface area (Å²) in [6.07, 6.45) is 9.03. The van der Waals surface area contributed by atoms with Crippen LogP contribution >= 0.6 is 0 Å². The topological polar surface area (TPSA) is 62.2 Å². The molecule has 0 unspecified atom stereocenters. The zero-order valence-electron chi connectivity index (χ0n) is 19.7. The summed E-state index contributed by atoms with van der Waals surface area (Å²) in [5, 5.41) is 12.1. The average molecular weight is 431 g/mol. The molecule has 4 heteroatoms. The Morgan fingerprint density at radius 2 is 1.91 bits per heavy atom. The van der Waals surface area contributed by atoms with Crippen molar-refractivity contribution in [1.82, 2.24) is 10.3 Å². The zero-order chi connectivity index (χ0) is 23.7. The van der Waals surface area contributed by atoms with Crippen LogP contribution in [-0.4, -0.2) is 29.0 Å². The number of nitrogens with zero attached hydrogens (tertiary/aromatic N) is 1. The highest BCUT2D eigenvalue weighted by Crippen LogP contribution is 2.32. The third-order valence-corrected chi connectivity index (χ3v) is 5.37. The molecule has 0 bridgehead atoms. The predicted octanol–water partition coefficient (Wildman–Crippen LogP) is 6.08. The van der Waals surface area contributed by atoms with E-state index in [9.17, 15) is 4.79 Å². The summed E-state index contributed by atoms with van der Waals surface area (Å²) >= 11 is 0. The van der Waals surface area contributed by atoms with Gasteiger partial charge in [-0.1, -0.05) is 62.6 Å². The summed E-state index contributed by atoms with van der Waals surface area (Å²) < 4.78 is 0. The van der Waals surface area contributed by atoms with Gasteiger partial charge in [-0.05, 0) is 50.0 Å². The molecule has 0 spiro atoms. The molecule has 0 aliphatic heterocycles. The Morgan fingerprint density at radius 3 is 2.41 bits per heavy atom. The molecule has 0 aliphatic rings. The standard InChI is InChI=1S/C28H34N2O2/c1-7-11-26-24(9-3)27(20(6)32)25(10-4)28(30-26)23-14-12-22(13-15-23)21(8-2)18-19(5)29-16-17-31/h7-9,11-15,29,31H,3,5,10,16-18H2,1-2,4,6H3/b11-7-,21-8+. The van der Waals surface area contributed by atoms with Crippen LogP contribution in [0.25, 0.3) is 29.0 Å². The number of carbonyl (C=O) groups is 1.